The fourth-order valence-corrected chi connectivity index (χ4v) is 3.55. The molecular weight excluding hydrogens is 392 g/mol. The van der Waals surface area contributed by atoms with Gasteiger partial charge in [0.15, 0.2) is 0 Å². The lowest BCUT2D eigenvalue weighted by molar-refractivity contribution is -0.132. The zero-order chi connectivity index (χ0) is 20.6. The van der Waals surface area contributed by atoms with E-state index in [1.165, 1.54) is 0 Å². The highest BCUT2D eigenvalue weighted by Gasteiger charge is 2.48. The maximum absolute atomic E-state index is 12.8. The van der Waals surface area contributed by atoms with Gasteiger partial charge in [-0.05, 0) is 43.5 Å². The van der Waals surface area contributed by atoms with Gasteiger partial charge in [-0.2, -0.15) is 5.01 Å². The molecule has 1 atom stereocenters. The third-order valence-electron chi connectivity index (χ3n) is 5.06. The number of nitrogens with zero attached hydrogens (tertiary/aromatic N) is 1. The first-order chi connectivity index (χ1) is 13.9. The van der Waals surface area contributed by atoms with E-state index < -0.39 is 23.4 Å². The third kappa shape index (κ3) is 3.69. The minimum absolute atomic E-state index is 0.223. The second kappa shape index (κ2) is 7.25. The van der Waals surface area contributed by atoms with E-state index in [2.05, 4.69) is 15.7 Å². The van der Waals surface area contributed by atoms with E-state index in [-0.39, 0.29) is 5.69 Å². The van der Waals surface area contributed by atoms with Crippen LogP contribution in [0.4, 0.5) is 4.79 Å². The predicted molar refractivity (Wildman–Crippen MR) is 109 cm³/mol. The quantitative estimate of drug-likeness (QED) is 0.562. The number of aromatic nitrogens is 1. The number of nitrogens with one attached hydrogen (secondary N) is 3. The van der Waals surface area contributed by atoms with Crippen LogP contribution in [-0.4, -0.2) is 33.4 Å². The van der Waals surface area contributed by atoms with Gasteiger partial charge < -0.3 is 10.3 Å². The van der Waals surface area contributed by atoms with Gasteiger partial charge in [0, 0.05) is 15.9 Å². The number of hydrogen-bond acceptors (Lipinski definition) is 3. The minimum atomic E-state index is -1.09. The number of aryl methyl sites for hydroxylation is 1. The Morgan fingerprint density at radius 1 is 1.14 bits per heavy atom. The maximum Gasteiger partial charge on any atom is 0.344 e. The first-order valence-corrected chi connectivity index (χ1v) is 9.53. The van der Waals surface area contributed by atoms with Crippen molar-refractivity contribution in [2.24, 2.45) is 0 Å². The van der Waals surface area contributed by atoms with Crippen molar-refractivity contribution in [2.75, 3.05) is 0 Å². The smallest absolute Gasteiger partial charge is 0.344 e. The number of urea groups is 1. The summed E-state index contributed by atoms with van der Waals surface area (Å²) in [6.07, 6.45) is 1.03. The number of fused-ring (bicyclic) bond motifs is 1. The molecule has 4 rings (SSSR count). The number of hydrogen-bond donors (Lipinski definition) is 3. The van der Waals surface area contributed by atoms with E-state index in [0.29, 0.717) is 23.4 Å². The van der Waals surface area contributed by atoms with E-state index in [1.54, 1.807) is 31.2 Å². The molecule has 7 nitrogen and oxygen atoms in total. The molecule has 1 aliphatic rings. The van der Waals surface area contributed by atoms with Crippen LogP contribution < -0.4 is 10.7 Å². The van der Waals surface area contributed by atoms with Crippen molar-refractivity contribution < 1.29 is 14.4 Å². The molecule has 148 valence electrons. The van der Waals surface area contributed by atoms with Gasteiger partial charge in [-0.15, -0.1) is 0 Å². The first-order valence-electron chi connectivity index (χ1n) is 9.16. The average Bonchev–Trinajstić information content (AvgIpc) is 3.21. The van der Waals surface area contributed by atoms with E-state index in [0.717, 1.165) is 16.0 Å². The fourth-order valence-electron chi connectivity index (χ4n) is 3.38. The largest absolute Gasteiger partial charge is 0.350 e. The molecule has 29 heavy (non-hydrogen) atoms. The van der Waals surface area contributed by atoms with Gasteiger partial charge in [0.25, 0.3) is 11.8 Å². The summed E-state index contributed by atoms with van der Waals surface area (Å²) in [6.45, 7) is 1.66. The van der Waals surface area contributed by atoms with Crippen molar-refractivity contribution in [3.8, 4) is 0 Å². The summed E-state index contributed by atoms with van der Waals surface area (Å²) in [4.78, 5) is 40.7. The third-order valence-corrected chi connectivity index (χ3v) is 5.30. The van der Waals surface area contributed by atoms with Crippen molar-refractivity contribution >= 4 is 40.3 Å². The summed E-state index contributed by atoms with van der Waals surface area (Å²) in [5.41, 5.74) is 3.28. The molecule has 1 aromatic heterocycles. The molecule has 1 aliphatic heterocycles. The van der Waals surface area contributed by atoms with E-state index in [1.807, 2.05) is 30.3 Å². The van der Waals surface area contributed by atoms with Crippen LogP contribution in [0.1, 0.15) is 29.4 Å². The fraction of sp³-hybridized carbons (Fsp3) is 0.190. The number of benzene rings is 2. The zero-order valence-electron chi connectivity index (χ0n) is 15.7. The summed E-state index contributed by atoms with van der Waals surface area (Å²) in [5.74, 6) is -1.08. The lowest BCUT2D eigenvalue weighted by Gasteiger charge is -2.21. The van der Waals surface area contributed by atoms with Crippen LogP contribution in [0.15, 0.2) is 54.6 Å². The Morgan fingerprint density at radius 2 is 1.90 bits per heavy atom. The highest BCUT2D eigenvalue weighted by molar-refractivity contribution is 6.31. The zero-order valence-corrected chi connectivity index (χ0v) is 16.4. The van der Waals surface area contributed by atoms with Gasteiger partial charge >= 0.3 is 6.03 Å². The number of carbonyl (C=O) groups is 3. The number of carbonyl (C=O) groups excluding carboxylic acids is 3. The Bertz CT molecular complexity index is 1110. The van der Waals surface area contributed by atoms with Crippen LogP contribution in [0.3, 0.4) is 0 Å². The molecular formula is C21H19ClN4O3. The van der Waals surface area contributed by atoms with E-state index in [4.69, 9.17) is 11.6 Å². The highest BCUT2D eigenvalue weighted by Crippen LogP contribution is 2.23. The van der Waals surface area contributed by atoms with E-state index in [9.17, 15) is 14.4 Å². The lowest BCUT2D eigenvalue weighted by atomic mass is 9.93. The Hall–Kier alpha value is -3.32. The summed E-state index contributed by atoms with van der Waals surface area (Å²) in [6, 6.07) is 15.9. The molecule has 0 unspecified atom stereocenters. The molecule has 2 aromatic carbocycles. The molecule has 0 radical (unpaired) electrons. The van der Waals surface area contributed by atoms with Gasteiger partial charge in [-0.25, -0.2) is 4.79 Å². The van der Waals surface area contributed by atoms with Crippen molar-refractivity contribution in [1.29, 1.82) is 0 Å². The maximum atomic E-state index is 12.8. The van der Waals surface area contributed by atoms with Crippen LogP contribution in [0.25, 0.3) is 10.9 Å². The van der Waals surface area contributed by atoms with Gasteiger partial charge in [0.2, 0.25) is 0 Å². The predicted octanol–water partition coefficient (Wildman–Crippen LogP) is 3.41. The Kier molecular flexibility index (Phi) is 4.76. The number of hydrazine groups is 1. The second-order valence-corrected chi connectivity index (χ2v) is 7.68. The molecule has 8 heteroatoms. The Balaban J connectivity index is 1.47. The highest BCUT2D eigenvalue weighted by atomic mass is 35.5. The van der Waals surface area contributed by atoms with E-state index >= 15 is 0 Å². The minimum Gasteiger partial charge on any atom is -0.350 e. The SMILES string of the molecule is C[C@]1(CCc2ccccc2)NC(=O)N(NC(=O)c2cc3ccc(Cl)cc3[nH]2)C1=O. The number of aromatic amines is 1. The second-order valence-electron chi connectivity index (χ2n) is 7.24. The van der Waals surface area contributed by atoms with Crippen molar-refractivity contribution in [3.05, 3.63) is 70.9 Å². The Morgan fingerprint density at radius 3 is 2.66 bits per heavy atom. The lowest BCUT2D eigenvalue weighted by Crippen LogP contribution is -2.49. The van der Waals surface area contributed by atoms with Gasteiger partial charge in [-0.1, -0.05) is 48.0 Å². The summed E-state index contributed by atoms with van der Waals surface area (Å²) >= 11 is 5.96. The topological polar surface area (TPSA) is 94.3 Å². The molecule has 3 N–H and O–H groups in total. The van der Waals surface area contributed by atoms with Crippen molar-refractivity contribution in [2.45, 2.75) is 25.3 Å². The van der Waals surface area contributed by atoms with Crippen LogP contribution in [0, 0.1) is 0 Å². The van der Waals surface area contributed by atoms with Gasteiger partial charge in [0.1, 0.15) is 11.2 Å². The van der Waals surface area contributed by atoms with Gasteiger partial charge in [-0.3, -0.25) is 15.0 Å². The monoisotopic (exact) mass is 410 g/mol. The number of H-pyrrole nitrogens is 1. The van der Waals surface area contributed by atoms with Crippen molar-refractivity contribution in [3.63, 3.8) is 0 Å². The standard InChI is InChI=1S/C21H19ClN4O3/c1-21(10-9-13-5-3-2-4-6-13)19(28)26(20(29)24-21)25-18(27)17-11-14-7-8-15(22)12-16(14)23-17/h2-8,11-12,23H,9-10H2,1H3,(H,24,29)(H,25,27)/t21-/m1/s1. The molecule has 1 fully saturated rings. The van der Waals surface area contributed by atoms with Crippen LogP contribution >= 0.6 is 11.6 Å². The molecule has 0 bridgehead atoms. The van der Waals surface area contributed by atoms with Crippen molar-refractivity contribution in [1.82, 2.24) is 20.7 Å². The Labute approximate surface area is 172 Å². The summed E-state index contributed by atoms with van der Waals surface area (Å²) < 4.78 is 0. The number of imide groups is 1. The van der Waals surface area contributed by atoms with Crippen LogP contribution in [0.2, 0.25) is 5.02 Å². The molecule has 0 spiro atoms. The number of rotatable bonds is 5. The average molecular weight is 411 g/mol. The molecule has 2 heterocycles. The summed E-state index contributed by atoms with van der Waals surface area (Å²) in [7, 11) is 0. The molecule has 0 aliphatic carbocycles. The molecule has 0 saturated carbocycles. The molecule has 4 amide bonds. The number of amides is 4. The van der Waals surface area contributed by atoms with Crippen LogP contribution in [-0.2, 0) is 11.2 Å². The normalized spacial score (nSPS) is 18.9. The first kappa shape index (κ1) is 19.0. The van der Waals surface area contributed by atoms with Crippen LogP contribution in [0.5, 0.6) is 0 Å². The molecule has 3 aromatic rings. The molecule has 1 saturated heterocycles. The summed E-state index contributed by atoms with van der Waals surface area (Å²) in [5, 5.41) is 4.76. The van der Waals surface area contributed by atoms with Gasteiger partial charge in [0.05, 0.1) is 0 Å². The number of halogens is 1.